The van der Waals surface area contributed by atoms with E-state index in [2.05, 4.69) is 22.0 Å². The van der Waals surface area contributed by atoms with Crippen molar-refractivity contribution in [2.24, 2.45) is 5.92 Å². The molecule has 0 amide bonds. The number of halogens is 1. The summed E-state index contributed by atoms with van der Waals surface area (Å²) in [6, 6.07) is 10.5. The van der Waals surface area contributed by atoms with Crippen molar-refractivity contribution >= 4 is 11.5 Å². The average molecular weight is 325 g/mol. The van der Waals surface area contributed by atoms with Crippen LogP contribution in [0, 0.1) is 11.7 Å². The van der Waals surface area contributed by atoms with E-state index in [1.54, 1.807) is 22.7 Å². The Kier molecular flexibility index (Phi) is 3.88. The second kappa shape index (κ2) is 6.19. The van der Waals surface area contributed by atoms with Crippen molar-refractivity contribution in [2.75, 3.05) is 18.0 Å². The van der Waals surface area contributed by atoms with Crippen LogP contribution < -0.4 is 4.90 Å². The Labute approximate surface area is 140 Å². The van der Waals surface area contributed by atoms with Crippen LogP contribution in [0.15, 0.2) is 36.4 Å². The van der Waals surface area contributed by atoms with Crippen LogP contribution in [-0.4, -0.2) is 32.9 Å². The third kappa shape index (κ3) is 2.72. The summed E-state index contributed by atoms with van der Waals surface area (Å²) in [7, 11) is 0. The first-order chi connectivity index (χ1) is 11.7. The van der Waals surface area contributed by atoms with Crippen molar-refractivity contribution in [2.45, 2.75) is 26.2 Å². The summed E-state index contributed by atoms with van der Waals surface area (Å²) in [5.74, 6) is 1.77. The summed E-state index contributed by atoms with van der Waals surface area (Å²) in [6.45, 7) is 4.30. The van der Waals surface area contributed by atoms with Crippen LogP contribution in [0.3, 0.4) is 0 Å². The van der Waals surface area contributed by atoms with Gasteiger partial charge in [-0.25, -0.2) is 4.39 Å². The Bertz CT molecular complexity index is 859. The predicted octanol–water partition coefficient (Wildman–Crippen LogP) is 3.56. The first-order valence-electron chi connectivity index (χ1n) is 8.44. The van der Waals surface area contributed by atoms with Crippen molar-refractivity contribution in [1.29, 1.82) is 0 Å². The smallest absolute Gasteiger partial charge is 0.188 e. The quantitative estimate of drug-likeness (QED) is 0.723. The lowest BCUT2D eigenvalue weighted by atomic mass is 10.0. The molecule has 2 aromatic heterocycles. The largest absolute Gasteiger partial charge is 0.355 e. The number of hydrogen-bond acceptors (Lipinski definition) is 4. The molecule has 0 N–H and O–H groups in total. The predicted molar refractivity (Wildman–Crippen MR) is 91.4 cm³/mol. The van der Waals surface area contributed by atoms with Crippen LogP contribution in [0.5, 0.6) is 0 Å². The third-order valence-corrected chi connectivity index (χ3v) is 4.70. The van der Waals surface area contributed by atoms with Gasteiger partial charge in [0.15, 0.2) is 11.5 Å². The monoisotopic (exact) mass is 325 g/mol. The van der Waals surface area contributed by atoms with Gasteiger partial charge in [0.05, 0.1) is 5.56 Å². The highest BCUT2D eigenvalue weighted by molar-refractivity contribution is 5.60. The first kappa shape index (κ1) is 15.1. The Hall–Kier alpha value is -2.50. The van der Waals surface area contributed by atoms with Gasteiger partial charge < -0.3 is 4.90 Å². The van der Waals surface area contributed by atoms with Gasteiger partial charge in [0.25, 0.3) is 0 Å². The third-order valence-electron chi connectivity index (χ3n) is 4.70. The minimum absolute atomic E-state index is 0.317. The molecule has 1 aliphatic rings. The van der Waals surface area contributed by atoms with Gasteiger partial charge >= 0.3 is 0 Å². The van der Waals surface area contributed by atoms with Crippen molar-refractivity contribution in [3.8, 4) is 11.4 Å². The fourth-order valence-corrected chi connectivity index (χ4v) is 3.25. The molecule has 0 spiro atoms. The lowest BCUT2D eigenvalue weighted by Gasteiger charge is -2.21. The molecule has 124 valence electrons. The second-order valence-electron chi connectivity index (χ2n) is 6.49. The van der Waals surface area contributed by atoms with E-state index in [0.717, 1.165) is 24.8 Å². The van der Waals surface area contributed by atoms with Crippen molar-refractivity contribution in [1.82, 2.24) is 19.8 Å². The lowest BCUT2D eigenvalue weighted by molar-refractivity contribution is 0.521. The molecule has 5 nitrogen and oxygen atoms in total. The molecule has 0 aliphatic carbocycles. The Morgan fingerprint density at radius 3 is 2.79 bits per heavy atom. The highest BCUT2D eigenvalue weighted by Gasteiger charge is 2.18. The van der Waals surface area contributed by atoms with Gasteiger partial charge in [-0.1, -0.05) is 19.1 Å². The fraction of sp³-hybridized carbons (Fsp3) is 0.389. The van der Waals surface area contributed by atoms with E-state index in [0.29, 0.717) is 17.0 Å². The lowest BCUT2D eigenvalue weighted by Crippen LogP contribution is -2.25. The summed E-state index contributed by atoms with van der Waals surface area (Å²) >= 11 is 0. The van der Waals surface area contributed by atoms with E-state index in [4.69, 9.17) is 5.10 Å². The highest BCUT2D eigenvalue weighted by Crippen LogP contribution is 2.24. The zero-order valence-corrected chi connectivity index (χ0v) is 13.7. The number of rotatable bonds is 2. The molecule has 1 atom stereocenters. The molecule has 1 aliphatic heterocycles. The number of aromatic nitrogens is 4. The molecule has 3 heterocycles. The standard InChI is InChI=1S/C18H20FN5/c1-13-5-4-11-23(12-10-13)17-9-8-16-20-21-18(24(16)22-17)14-6-2-3-7-15(14)19/h2-3,6-9,13H,4-5,10-12H2,1H3. The average Bonchev–Trinajstić information content (AvgIpc) is 2.89. The van der Waals surface area contributed by atoms with Crippen molar-refractivity contribution in [3.63, 3.8) is 0 Å². The molecule has 0 saturated carbocycles. The molecule has 0 radical (unpaired) electrons. The van der Waals surface area contributed by atoms with Gasteiger partial charge in [0.2, 0.25) is 0 Å². The van der Waals surface area contributed by atoms with Gasteiger partial charge in [0.1, 0.15) is 11.6 Å². The Morgan fingerprint density at radius 1 is 1.04 bits per heavy atom. The van der Waals surface area contributed by atoms with E-state index in [1.807, 2.05) is 12.1 Å². The van der Waals surface area contributed by atoms with E-state index in [1.165, 1.54) is 25.3 Å². The summed E-state index contributed by atoms with van der Waals surface area (Å²) in [5.41, 5.74) is 1.04. The minimum Gasteiger partial charge on any atom is -0.355 e. The van der Waals surface area contributed by atoms with Crippen molar-refractivity contribution < 1.29 is 4.39 Å². The molecule has 0 bridgehead atoms. The molecule has 1 unspecified atom stereocenters. The summed E-state index contributed by atoms with van der Waals surface area (Å²) < 4.78 is 15.8. The molecular formula is C18H20FN5. The van der Waals surface area contributed by atoms with Gasteiger partial charge in [-0.15, -0.1) is 15.3 Å². The molecular weight excluding hydrogens is 305 g/mol. The van der Waals surface area contributed by atoms with E-state index in [-0.39, 0.29) is 5.82 Å². The number of benzene rings is 1. The normalized spacial score (nSPS) is 18.8. The van der Waals surface area contributed by atoms with Crippen LogP contribution >= 0.6 is 0 Å². The van der Waals surface area contributed by atoms with Crippen LogP contribution in [0.4, 0.5) is 10.2 Å². The van der Waals surface area contributed by atoms with Crippen LogP contribution in [0.25, 0.3) is 17.0 Å². The van der Waals surface area contributed by atoms with Crippen LogP contribution in [-0.2, 0) is 0 Å². The summed E-state index contributed by atoms with van der Waals surface area (Å²) in [6.07, 6.45) is 3.59. The van der Waals surface area contributed by atoms with Crippen LogP contribution in [0.1, 0.15) is 26.2 Å². The number of fused-ring (bicyclic) bond motifs is 1. The van der Waals surface area contributed by atoms with Crippen LogP contribution in [0.2, 0.25) is 0 Å². The van der Waals surface area contributed by atoms with E-state index < -0.39 is 0 Å². The van der Waals surface area contributed by atoms with E-state index in [9.17, 15) is 4.39 Å². The van der Waals surface area contributed by atoms with Gasteiger partial charge in [-0.05, 0) is 49.4 Å². The maximum atomic E-state index is 14.1. The number of anilines is 1. The first-order valence-corrected chi connectivity index (χ1v) is 8.44. The Balaban J connectivity index is 1.75. The highest BCUT2D eigenvalue weighted by atomic mass is 19.1. The minimum atomic E-state index is -0.317. The van der Waals surface area contributed by atoms with E-state index >= 15 is 0 Å². The topological polar surface area (TPSA) is 46.3 Å². The zero-order chi connectivity index (χ0) is 16.5. The maximum Gasteiger partial charge on any atom is 0.188 e. The summed E-state index contributed by atoms with van der Waals surface area (Å²) in [5, 5.41) is 12.9. The number of hydrogen-bond donors (Lipinski definition) is 0. The number of nitrogens with zero attached hydrogens (tertiary/aromatic N) is 5. The second-order valence-corrected chi connectivity index (χ2v) is 6.49. The molecule has 1 saturated heterocycles. The Morgan fingerprint density at radius 2 is 1.92 bits per heavy atom. The van der Waals surface area contributed by atoms with Gasteiger partial charge in [-0.2, -0.15) is 4.52 Å². The maximum absolute atomic E-state index is 14.1. The van der Waals surface area contributed by atoms with Gasteiger partial charge in [0, 0.05) is 13.1 Å². The van der Waals surface area contributed by atoms with Crippen molar-refractivity contribution in [3.05, 3.63) is 42.2 Å². The molecule has 1 fully saturated rings. The SMILES string of the molecule is CC1CCCN(c2ccc3nnc(-c4ccccc4F)n3n2)CC1. The van der Waals surface area contributed by atoms with Gasteiger partial charge in [-0.3, -0.25) is 0 Å². The molecule has 4 rings (SSSR count). The summed E-state index contributed by atoms with van der Waals surface area (Å²) in [4.78, 5) is 2.30. The molecule has 1 aromatic carbocycles. The fourth-order valence-electron chi connectivity index (χ4n) is 3.25. The zero-order valence-electron chi connectivity index (χ0n) is 13.7. The molecule has 24 heavy (non-hydrogen) atoms. The molecule has 6 heteroatoms. The molecule has 3 aromatic rings.